The van der Waals surface area contributed by atoms with Crippen LogP contribution in [0.2, 0.25) is 10.0 Å². The smallest absolute Gasteiger partial charge is 0.430 e. The van der Waals surface area contributed by atoms with Gasteiger partial charge in [-0.1, -0.05) is 23.2 Å². The first-order valence-electron chi connectivity index (χ1n) is 4.98. The number of ether oxygens (including phenoxy) is 1. The molecule has 1 N–H and O–H groups in total. The van der Waals surface area contributed by atoms with Crippen LogP contribution < -0.4 is 4.74 Å². The molecule has 0 saturated heterocycles. The molecule has 1 unspecified atom stereocenters. The second kappa shape index (κ2) is 4.82. The highest BCUT2D eigenvalue weighted by Crippen LogP contribution is 2.43. The van der Waals surface area contributed by atoms with Crippen molar-refractivity contribution in [3.05, 3.63) is 33.1 Å². The number of benzene rings is 1. The number of hydrogen-bond acceptors (Lipinski definition) is 2. The molecule has 9 heteroatoms. The lowest BCUT2D eigenvalue weighted by Crippen LogP contribution is -2.40. The molecule has 0 amide bonds. The molecular weight excluding hydrogens is 327 g/mol. The molecule has 1 heterocycles. The molecule has 1 aliphatic rings. The molecule has 3 nitrogen and oxygen atoms in total. The molecule has 2 rings (SSSR count). The van der Waals surface area contributed by atoms with Crippen LogP contribution in [0.3, 0.4) is 0 Å². The zero-order chi connectivity index (χ0) is 15.2. The number of hydrogen-bond donors (Lipinski definition) is 1. The van der Waals surface area contributed by atoms with Crippen molar-refractivity contribution in [2.45, 2.75) is 12.3 Å². The largest absolute Gasteiger partial charge is 0.478 e. The molecule has 0 fully saturated rings. The monoisotopic (exact) mass is 330 g/mol. The Bertz CT molecular complexity index is 625. The third kappa shape index (κ3) is 2.43. The van der Waals surface area contributed by atoms with Crippen molar-refractivity contribution in [2.24, 2.45) is 0 Å². The molecule has 20 heavy (non-hydrogen) atoms. The van der Waals surface area contributed by atoms with Gasteiger partial charge in [0.15, 0.2) is 5.82 Å². The Hall–Kier alpha value is -1.47. The van der Waals surface area contributed by atoms with Crippen molar-refractivity contribution < 1.29 is 32.2 Å². The fourth-order valence-corrected chi connectivity index (χ4v) is 2.20. The zero-order valence-corrected chi connectivity index (χ0v) is 10.8. The molecule has 0 radical (unpaired) electrons. The van der Waals surface area contributed by atoms with Gasteiger partial charge in [0.1, 0.15) is 5.75 Å². The first kappa shape index (κ1) is 14.9. The first-order valence-corrected chi connectivity index (χ1v) is 5.74. The van der Waals surface area contributed by atoms with Gasteiger partial charge in [-0.3, -0.25) is 0 Å². The quantitative estimate of drug-likeness (QED) is 0.627. The number of rotatable bonds is 1. The van der Waals surface area contributed by atoms with Gasteiger partial charge in [-0.15, -0.1) is 0 Å². The van der Waals surface area contributed by atoms with Crippen LogP contribution in [0.25, 0.3) is 6.08 Å². The summed E-state index contributed by atoms with van der Waals surface area (Å²) in [5, 5.41) is 7.99. The summed E-state index contributed by atoms with van der Waals surface area (Å²) >= 11 is 11.1. The van der Waals surface area contributed by atoms with Crippen molar-refractivity contribution in [3.8, 4) is 5.75 Å². The van der Waals surface area contributed by atoms with Crippen LogP contribution in [-0.4, -0.2) is 23.4 Å². The highest BCUT2D eigenvalue weighted by molar-refractivity contribution is 6.36. The van der Waals surface area contributed by atoms with E-state index in [1.54, 1.807) is 0 Å². The van der Waals surface area contributed by atoms with Crippen LogP contribution in [0, 0.1) is 5.82 Å². The van der Waals surface area contributed by atoms with E-state index in [0.717, 1.165) is 6.07 Å². The van der Waals surface area contributed by atoms with Gasteiger partial charge >= 0.3 is 12.1 Å². The van der Waals surface area contributed by atoms with Crippen LogP contribution in [0.1, 0.15) is 5.56 Å². The number of carboxylic acids is 1. The van der Waals surface area contributed by atoms with Gasteiger partial charge in [-0.2, -0.15) is 13.2 Å². The molecule has 0 saturated carbocycles. The van der Waals surface area contributed by atoms with Crippen molar-refractivity contribution in [1.29, 1.82) is 0 Å². The Labute approximate surface area is 119 Å². The number of aliphatic carboxylic acids is 1. The summed E-state index contributed by atoms with van der Waals surface area (Å²) in [6.07, 6.45) is -7.20. The van der Waals surface area contributed by atoms with E-state index in [4.69, 9.17) is 28.3 Å². The summed E-state index contributed by atoms with van der Waals surface area (Å²) in [7, 11) is 0. The van der Waals surface area contributed by atoms with Crippen LogP contribution in [0.15, 0.2) is 11.6 Å². The highest BCUT2D eigenvalue weighted by atomic mass is 35.5. The van der Waals surface area contributed by atoms with Crippen LogP contribution in [0.5, 0.6) is 5.75 Å². The third-order valence-electron chi connectivity index (χ3n) is 2.52. The standard InChI is InChI=1S/C11H4Cl2F4O3/c12-5-2-6(13)8-3(7(5)14)1-4(10(18)19)9(20-8)11(15,16)17/h1-2,9H,(H,18,19). The molecule has 0 aromatic heterocycles. The van der Waals surface area contributed by atoms with Gasteiger partial charge in [-0.25, -0.2) is 9.18 Å². The van der Waals surface area contributed by atoms with E-state index in [-0.39, 0.29) is 5.02 Å². The minimum absolute atomic E-state index is 0.346. The maximum atomic E-state index is 13.7. The topological polar surface area (TPSA) is 46.5 Å². The Balaban J connectivity index is 2.69. The van der Waals surface area contributed by atoms with E-state index in [1.165, 1.54) is 0 Å². The van der Waals surface area contributed by atoms with Crippen LogP contribution in [0.4, 0.5) is 17.6 Å². The molecule has 108 valence electrons. The van der Waals surface area contributed by atoms with E-state index in [1.807, 2.05) is 0 Å². The second-order valence-electron chi connectivity index (χ2n) is 3.84. The maximum Gasteiger partial charge on any atom is 0.430 e. The Morgan fingerprint density at radius 3 is 2.40 bits per heavy atom. The Morgan fingerprint density at radius 1 is 1.30 bits per heavy atom. The summed E-state index contributed by atoms with van der Waals surface area (Å²) in [6.45, 7) is 0. The fraction of sp³-hybridized carbons (Fsp3) is 0.182. The molecule has 1 aromatic rings. The predicted octanol–water partition coefficient (Wildman–Crippen LogP) is 3.92. The summed E-state index contributed by atoms with van der Waals surface area (Å²) in [6, 6.07) is 0.879. The maximum absolute atomic E-state index is 13.7. The van der Waals surface area contributed by atoms with Gasteiger partial charge in [0.05, 0.1) is 21.2 Å². The van der Waals surface area contributed by atoms with Crippen LogP contribution in [-0.2, 0) is 4.79 Å². The lowest BCUT2D eigenvalue weighted by atomic mass is 10.0. The first-order chi connectivity index (χ1) is 9.12. The SMILES string of the molecule is O=C(O)C1=Cc2c(F)c(Cl)cc(Cl)c2OC1C(F)(F)F. The summed E-state index contributed by atoms with van der Waals surface area (Å²) < 4.78 is 56.6. The average molecular weight is 331 g/mol. The summed E-state index contributed by atoms with van der Waals surface area (Å²) in [4.78, 5) is 10.9. The molecule has 1 atom stereocenters. The minimum Gasteiger partial charge on any atom is -0.478 e. The summed E-state index contributed by atoms with van der Waals surface area (Å²) in [5.74, 6) is -3.58. The van der Waals surface area contributed by atoms with Crippen molar-refractivity contribution >= 4 is 35.2 Å². The minimum atomic E-state index is -4.98. The molecular formula is C11H4Cl2F4O3. The Kier molecular flexibility index (Phi) is 3.60. The lowest BCUT2D eigenvalue weighted by Gasteiger charge is -2.27. The molecule has 0 spiro atoms. The van der Waals surface area contributed by atoms with Crippen molar-refractivity contribution in [3.63, 3.8) is 0 Å². The lowest BCUT2D eigenvalue weighted by molar-refractivity contribution is -0.187. The van der Waals surface area contributed by atoms with Crippen LogP contribution >= 0.6 is 23.2 Å². The molecule has 1 aromatic carbocycles. The third-order valence-corrected chi connectivity index (χ3v) is 3.08. The van der Waals surface area contributed by atoms with Gasteiger partial charge in [-0.05, 0) is 12.1 Å². The average Bonchev–Trinajstić information content (AvgIpc) is 2.33. The van der Waals surface area contributed by atoms with E-state index in [2.05, 4.69) is 4.74 Å². The van der Waals surface area contributed by atoms with E-state index < -0.39 is 46.0 Å². The highest BCUT2D eigenvalue weighted by Gasteiger charge is 2.49. The van der Waals surface area contributed by atoms with Gasteiger partial charge in [0, 0.05) is 0 Å². The number of carbonyl (C=O) groups is 1. The number of alkyl halides is 3. The summed E-state index contributed by atoms with van der Waals surface area (Å²) in [5.41, 5.74) is -1.68. The Morgan fingerprint density at radius 2 is 1.90 bits per heavy atom. The number of carboxylic acid groups (broad SMARTS) is 1. The zero-order valence-electron chi connectivity index (χ0n) is 9.26. The van der Waals surface area contributed by atoms with Crippen molar-refractivity contribution in [2.75, 3.05) is 0 Å². The van der Waals surface area contributed by atoms with Crippen molar-refractivity contribution in [1.82, 2.24) is 0 Å². The van der Waals surface area contributed by atoms with Gasteiger partial charge in [0.2, 0.25) is 6.10 Å². The van der Waals surface area contributed by atoms with Gasteiger partial charge < -0.3 is 9.84 Å². The fourth-order valence-electron chi connectivity index (χ4n) is 1.68. The normalized spacial score (nSPS) is 18.1. The molecule has 0 aliphatic carbocycles. The number of fused-ring (bicyclic) bond motifs is 1. The molecule has 0 bridgehead atoms. The molecule has 1 aliphatic heterocycles. The van der Waals surface area contributed by atoms with Gasteiger partial charge in [0.25, 0.3) is 0 Å². The second-order valence-corrected chi connectivity index (χ2v) is 4.66. The van der Waals surface area contributed by atoms with E-state index >= 15 is 0 Å². The number of halogens is 6. The predicted molar refractivity (Wildman–Crippen MR) is 62.5 cm³/mol. The van der Waals surface area contributed by atoms with E-state index in [9.17, 15) is 22.4 Å². The van der Waals surface area contributed by atoms with E-state index in [0.29, 0.717) is 6.08 Å².